The fraction of sp³-hybridized carbons (Fsp3) is 0.429. The second-order valence-electron chi connectivity index (χ2n) is 3.96. The molecule has 0 fully saturated rings. The van der Waals surface area contributed by atoms with Crippen LogP contribution < -0.4 is 0 Å². The molecule has 0 aromatic heterocycles. The van der Waals surface area contributed by atoms with Crippen LogP contribution in [0.4, 0.5) is 0 Å². The molecule has 19 heavy (non-hydrogen) atoms. The van der Waals surface area contributed by atoms with E-state index in [-0.39, 0.29) is 4.87 Å². The van der Waals surface area contributed by atoms with Gasteiger partial charge in [-0.05, 0) is 23.5 Å². The van der Waals surface area contributed by atoms with Crippen molar-refractivity contribution < 1.29 is 13.3 Å². The Balaban J connectivity index is 2.69. The van der Waals surface area contributed by atoms with Crippen LogP contribution in [0.3, 0.4) is 0 Å². The molecule has 1 rings (SSSR count). The summed E-state index contributed by atoms with van der Waals surface area (Å²) in [6, 6.07) is 10.2. The van der Waals surface area contributed by atoms with Gasteiger partial charge in [0.25, 0.3) is 0 Å². The molecule has 1 unspecified atom stereocenters. The molecule has 0 bridgehead atoms. The fourth-order valence-corrected chi connectivity index (χ4v) is 6.03. The summed E-state index contributed by atoms with van der Waals surface area (Å²) >= 11 is 1.70. The highest BCUT2D eigenvalue weighted by Crippen LogP contribution is 2.28. The van der Waals surface area contributed by atoms with Gasteiger partial charge in [0.05, 0.1) is 4.87 Å². The molecule has 1 aromatic rings. The first-order valence-electron chi connectivity index (χ1n) is 6.25. The molecule has 0 aliphatic rings. The standard InChI is InChI=1S/C14H22O3SSi/c1-5-14(19(15-2,16-3)17-4)18-12-11-13-9-7-6-8-10-13/h6-12,14H,5H2,1-4H3/b12-11+. The summed E-state index contributed by atoms with van der Waals surface area (Å²) in [7, 11) is 2.40. The molecule has 0 saturated heterocycles. The Morgan fingerprint density at radius 2 is 1.68 bits per heavy atom. The number of thioether (sulfide) groups is 1. The topological polar surface area (TPSA) is 27.7 Å². The van der Waals surface area contributed by atoms with Gasteiger partial charge in [-0.2, -0.15) is 0 Å². The van der Waals surface area contributed by atoms with Crippen molar-refractivity contribution in [3.63, 3.8) is 0 Å². The quantitative estimate of drug-likeness (QED) is 0.686. The maximum absolute atomic E-state index is 5.53. The molecule has 0 aliphatic carbocycles. The summed E-state index contributed by atoms with van der Waals surface area (Å²) in [5, 5.41) is 2.09. The van der Waals surface area contributed by atoms with Gasteiger partial charge in [0, 0.05) is 21.3 Å². The van der Waals surface area contributed by atoms with E-state index in [1.165, 1.54) is 5.56 Å². The molecule has 0 spiro atoms. The molecule has 1 atom stereocenters. The van der Waals surface area contributed by atoms with E-state index in [2.05, 4.69) is 30.5 Å². The van der Waals surface area contributed by atoms with E-state index in [4.69, 9.17) is 13.3 Å². The molecular weight excluding hydrogens is 276 g/mol. The first-order chi connectivity index (χ1) is 9.22. The average molecular weight is 298 g/mol. The van der Waals surface area contributed by atoms with E-state index in [1.54, 1.807) is 33.1 Å². The third-order valence-electron chi connectivity index (χ3n) is 2.92. The summed E-state index contributed by atoms with van der Waals surface area (Å²) in [5.74, 6) is 0. The van der Waals surface area contributed by atoms with E-state index >= 15 is 0 Å². The molecule has 0 amide bonds. The Morgan fingerprint density at radius 3 is 2.16 bits per heavy atom. The highest BCUT2D eigenvalue weighted by Gasteiger charge is 2.46. The summed E-state index contributed by atoms with van der Waals surface area (Å²) in [4.78, 5) is 0.201. The normalized spacial score (nSPS) is 13.9. The van der Waals surface area contributed by atoms with E-state index in [0.717, 1.165) is 6.42 Å². The zero-order valence-electron chi connectivity index (χ0n) is 12.0. The molecule has 0 heterocycles. The van der Waals surface area contributed by atoms with Crippen LogP contribution in [0.1, 0.15) is 18.9 Å². The van der Waals surface area contributed by atoms with Gasteiger partial charge in [-0.1, -0.05) is 37.3 Å². The molecule has 5 heteroatoms. The lowest BCUT2D eigenvalue weighted by atomic mass is 10.2. The minimum atomic E-state index is -2.57. The highest BCUT2D eigenvalue weighted by molar-refractivity contribution is 8.04. The van der Waals surface area contributed by atoms with Crippen molar-refractivity contribution in [3.05, 3.63) is 41.3 Å². The van der Waals surface area contributed by atoms with Crippen LogP contribution in [0.5, 0.6) is 0 Å². The van der Waals surface area contributed by atoms with Crippen molar-refractivity contribution in [2.75, 3.05) is 21.3 Å². The van der Waals surface area contributed by atoms with Crippen LogP contribution in [0.15, 0.2) is 35.7 Å². The van der Waals surface area contributed by atoms with Gasteiger partial charge in [-0.25, -0.2) is 0 Å². The van der Waals surface area contributed by atoms with Gasteiger partial charge in [0.2, 0.25) is 0 Å². The Labute approximate surface area is 121 Å². The maximum Gasteiger partial charge on any atom is 0.514 e. The Kier molecular flexibility index (Phi) is 7.41. The number of benzene rings is 1. The number of hydrogen-bond donors (Lipinski definition) is 0. The average Bonchev–Trinajstić information content (AvgIpc) is 2.48. The van der Waals surface area contributed by atoms with E-state index < -0.39 is 8.80 Å². The van der Waals surface area contributed by atoms with Crippen LogP contribution in [-0.4, -0.2) is 35.0 Å². The Morgan fingerprint density at radius 1 is 1.11 bits per heavy atom. The van der Waals surface area contributed by atoms with Gasteiger partial charge < -0.3 is 13.3 Å². The molecule has 0 N–H and O–H groups in total. The molecule has 0 aliphatic heterocycles. The molecule has 106 valence electrons. The maximum atomic E-state index is 5.53. The fourth-order valence-electron chi connectivity index (χ4n) is 1.85. The minimum absolute atomic E-state index is 0.201. The summed E-state index contributed by atoms with van der Waals surface area (Å²) < 4.78 is 16.6. The van der Waals surface area contributed by atoms with E-state index in [0.29, 0.717) is 0 Å². The lowest BCUT2D eigenvalue weighted by Gasteiger charge is -2.30. The van der Waals surface area contributed by atoms with Crippen molar-refractivity contribution in [1.82, 2.24) is 0 Å². The van der Waals surface area contributed by atoms with Gasteiger partial charge in [0.1, 0.15) is 0 Å². The number of hydrogen-bond acceptors (Lipinski definition) is 4. The SMILES string of the molecule is CCC(S/C=C/c1ccccc1)[Si](OC)(OC)OC. The molecule has 3 nitrogen and oxygen atoms in total. The third kappa shape index (κ3) is 4.47. The summed E-state index contributed by atoms with van der Waals surface area (Å²) in [5.41, 5.74) is 1.18. The van der Waals surface area contributed by atoms with Crippen molar-refractivity contribution in [1.29, 1.82) is 0 Å². The highest BCUT2D eigenvalue weighted by atomic mass is 32.2. The van der Waals surface area contributed by atoms with Crippen LogP contribution in [0.25, 0.3) is 6.08 Å². The summed E-state index contributed by atoms with van der Waals surface area (Å²) in [6.07, 6.45) is 3.03. The second kappa shape index (κ2) is 8.55. The summed E-state index contributed by atoms with van der Waals surface area (Å²) in [6.45, 7) is 2.12. The zero-order valence-corrected chi connectivity index (χ0v) is 13.8. The van der Waals surface area contributed by atoms with Gasteiger partial charge in [0.15, 0.2) is 0 Å². The van der Waals surface area contributed by atoms with Crippen LogP contribution in [-0.2, 0) is 13.3 Å². The van der Waals surface area contributed by atoms with Crippen molar-refractivity contribution in [2.24, 2.45) is 0 Å². The van der Waals surface area contributed by atoms with Crippen molar-refractivity contribution in [2.45, 2.75) is 18.2 Å². The molecule has 0 saturated carbocycles. The first kappa shape index (κ1) is 16.5. The largest absolute Gasteiger partial charge is 0.514 e. The second-order valence-corrected chi connectivity index (χ2v) is 8.62. The first-order valence-corrected chi connectivity index (χ1v) is 8.99. The monoisotopic (exact) mass is 298 g/mol. The van der Waals surface area contributed by atoms with Gasteiger partial charge in [-0.15, -0.1) is 11.8 Å². The van der Waals surface area contributed by atoms with Crippen molar-refractivity contribution >= 4 is 26.6 Å². The lowest BCUT2D eigenvalue weighted by Crippen LogP contribution is -2.52. The predicted molar refractivity (Wildman–Crippen MR) is 83.9 cm³/mol. The van der Waals surface area contributed by atoms with Crippen molar-refractivity contribution in [3.8, 4) is 0 Å². The Hall–Kier alpha value is -0.593. The smallest absolute Gasteiger partial charge is 0.376 e. The zero-order chi connectivity index (χ0) is 14.1. The van der Waals surface area contributed by atoms with Crippen LogP contribution in [0, 0.1) is 0 Å². The Bertz CT molecular complexity index is 371. The third-order valence-corrected chi connectivity index (χ3v) is 8.05. The van der Waals surface area contributed by atoms with E-state index in [1.807, 2.05) is 18.2 Å². The molecule has 0 radical (unpaired) electrons. The molecular formula is C14H22O3SSi. The van der Waals surface area contributed by atoms with Gasteiger partial charge in [-0.3, -0.25) is 0 Å². The van der Waals surface area contributed by atoms with Gasteiger partial charge >= 0.3 is 8.80 Å². The molecule has 1 aromatic carbocycles. The van der Waals surface area contributed by atoms with Crippen LogP contribution in [0.2, 0.25) is 0 Å². The number of rotatable bonds is 8. The minimum Gasteiger partial charge on any atom is -0.376 e. The van der Waals surface area contributed by atoms with E-state index in [9.17, 15) is 0 Å². The predicted octanol–water partition coefficient (Wildman–Crippen LogP) is 3.59. The van der Waals surface area contributed by atoms with Crippen LogP contribution >= 0.6 is 11.8 Å². The lowest BCUT2D eigenvalue weighted by molar-refractivity contribution is 0.121.